The molecule has 4 aromatic rings. The van der Waals surface area contributed by atoms with E-state index >= 15 is 0 Å². The topological polar surface area (TPSA) is 73.6 Å². The molecule has 0 aliphatic rings. The van der Waals surface area contributed by atoms with Crippen molar-refractivity contribution in [2.75, 3.05) is 19.5 Å². The van der Waals surface area contributed by atoms with E-state index in [9.17, 15) is 4.79 Å². The summed E-state index contributed by atoms with van der Waals surface area (Å²) >= 11 is 0. The number of nitrogens with one attached hydrogen (secondary N) is 1. The number of oxazole rings is 1. The lowest BCUT2D eigenvalue weighted by Crippen LogP contribution is -2.14. The normalized spacial score (nSPS) is 10.7. The number of anilines is 1. The molecule has 1 heterocycles. The van der Waals surface area contributed by atoms with Gasteiger partial charge in [-0.1, -0.05) is 12.1 Å². The second-order valence-corrected chi connectivity index (χ2v) is 6.50. The van der Waals surface area contributed by atoms with E-state index in [-0.39, 0.29) is 12.3 Å². The molecule has 1 N–H and O–H groups in total. The highest BCUT2D eigenvalue weighted by Gasteiger charge is 2.11. The van der Waals surface area contributed by atoms with Crippen LogP contribution in [0.25, 0.3) is 22.6 Å². The van der Waals surface area contributed by atoms with Crippen molar-refractivity contribution in [3.8, 4) is 23.0 Å². The molecule has 29 heavy (non-hydrogen) atoms. The summed E-state index contributed by atoms with van der Waals surface area (Å²) in [5.41, 5.74) is 3.76. The zero-order chi connectivity index (χ0) is 20.2. The summed E-state index contributed by atoms with van der Waals surface area (Å²) in [5, 5.41) is 2.90. The Morgan fingerprint density at radius 1 is 0.931 bits per heavy atom. The van der Waals surface area contributed by atoms with E-state index in [2.05, 4.69) is 10.3 Å². The molecule has 0 spiro atoms. The van der Waals surface area contributed by atoms with Gasteiger partial charge in [-0.15, -0.1) is 0 Å². The maximum atomic E-state index is 12.4. The molecule has 6 heteroatoms. The standard InChI is InChI=1S/C23H20N2O4/c1-27-18-8-3-15(4-9-18)13-22(26)24-17-7-12-20-21(14-17)29-23(25-20)16-5-10-19(28-2)11-6-16/h3-12,14H,13H2,1-2H3,(H,24,26). The van der Waals surface area contributed by atoms with Crippen LogP contribution in [0.4, 0.5) is 5.69 Å². The van der Waals surface area contributed by atoms with E-state index in [0.717, 1.165) is 28.1 Å². The van der Waals surface area contributed by atoms with Crippen molar-refractivity contribution < 1.29 is 18.7 Å². The summed E-state index contributed by atoms with van der Waals surface area (Å²) in [5.74, 6) is 1.94. The highest BCUT2D eigenvalue weighted by atomic mass is 16.5. The van der Waals surface area contributed by atoms with Crippen LogP contribution in [0.2, 0.25) is 0 Å². The molecule has 1 aromatic heterocycles. The van der Waals surface area contributed by atoms with Crippen LogP contribution in [0.5, 0.6) is 11.5 Å². The van der Waals surface area contributed by atoms with E-state index in [0.29, 0.717) is 17.2 Å². The fraction of sp³-hybridized carbons (Fsp3) is 0.130. The van der Waals surface area contributed by atoms with Gasteiger partial charge in [-0.25, -0.2) is 4.98 Å². The largest absolute Gasteiger partial charge is 0.497 e. The first kappa shape index (κ1) is 18.6. The van der Waals surface area contributed by atoms with Crippen molar-refractivity contribution in [1.29, 1.82) is 0 Å². The molecule has 146 valence electrons. The highest BCUT2D eigenvalue weighted by molar-refractivity contribution is 5.94. The van der Waals surface area contributed by atoms with Gasteiger partial charge < -0.3 is 19.2 Å². The molecule has 0 atom stereocenters. The third-order valence-electron chi connectivity index (χ3n) is 4.53. The van der Waals surface area contributed by atoms with Crippen molar-refractivity contribution in [2.45, 2.75) is 6.42 Å². The summed E-state index contributed by atoms with van der Waals surface area (Å²) in [6.07, 6.45) is 0.273. The zero-order valence-corrected chi connectivity index (χ0v) is 16.1. The number of methoxy groups -OCH3 is 2. The monoisotopic (exact) mass is 388 g/mol. The summed E-state index contributed by atoms with van der Waals surface area (Å²) < 4.78 is 16.2. The van der Waals surface area contributed by atoms with Crippen molar-refractivity contribution in [2.24, 2.45) is 0 Å². The number of ether oxygens (including phenoxy) is 2. The molecular formula is C23H20N2O4. The van der Waals surface area contributed by atoms with E-state index in [1.807, 2.05) is 60.7 Å². The van der Waals surface area contributed by atoms with Crippen LogP contribution >= 0.6 is 0 Å². The maximum absolute atomic E-state index is 12.4. The predicted molar refractivity (Wildman–Crippen MR) is 111 cm³/mol. The average Bonchev–Trinajstić information content (AvgIpc) is 3.17. The van der Waals surface area contributed by atoms with E-state index in [1.54, 1.807) is 20.3 Å². The number of carbonyl (C=O) groups is 1. The van der Waals surface area contributed by atoms with Crippen molar-refractivity contribution in [3.05, 3.63) is 72.3 Å². The van der Waals surface area contributed by atoms with Gasteiger partial charge in [0.15, 0.2) is 5.58 Å². The Labute approximate surface area is 168 Å². The Hall–Kier alpha value is -3.80. The second-order valence-electron chi connectivity index (χ2n) is 6.50. The quantitative estimate of drug-likeness (QED) is 0.519. The minimum absolute atomic E-state index is 0.107. The lowest BCUT2D eigenvalue weighted by Gasteiger charge is -2.06. The number of benzene rings is 3. The van der Waals surface area contributed by atoms with E-state index < -0.39 is 0 Å². The Bertz CT molecular complexity index is 1130. The van der Waals surface area contributed by atoms with Crippen LogP contribution in [0.15, 0.2) is 71.1 Å². The number of hydrogen-bond acceptors (Lipinski definition) is 5. The van der Waals surface area contributed by atoms with Crippen LogP contribution in [-0.4, -0.2) is 25.1 Å². The first-order chi connectivity index (χ1) is 14.1. The number of amides is 1. The van der Waals surface area contributed by atoms with Crippen molar-refractivity contribution in [1.82, 2.24) is 4.98 Å². The molecule has 0 radical (unpaired) electrons. The maximum Gasteiger partial charge on any atom is 0.228 e. The molecule has 0 saturated carbocycles. The number of hydrogen-bond donors (Lipinski definition) is 1. The number of carbonyl (C=O) groups excluding carboxylic acids is 1. The fourth-order valence-corrected chi connectivity index (χ4v) is 2.99. The summed E-state index contributed by atoms with van der Waals surface area (Å²) in [4.78, 5) is 16.9. The Morgan fingerprint density at radius 3 is 2.24 bits per heavy atom. The van der Waals surface area contributed by atoms with Crippen LogP contribution < -0.4 is 14.8 Å². The molecule has 0 aliphatic heterocycles. The van der Waals surface area contributed by atoms with Crippen LogP contribution in [0.3, 0.4) is 0 Å². The van der Waals surface area contributed by atoms with Crippen LogP contribution in [0.1, 0.15) is 5.56 Å². The van der Waals surface area contributed by atoms with Crippen LogP contribution in [0, 0.1) is 0 Å². The lowest BCUT2D eigenvalue weighted by atomic mass is 10.1. The van der Waals surface area contributed by atoms with Gasteiger partial charge in [0.05, 0.1) is 20.6 Å². The number of rotatable bonds is 6. The van der Waals surface area contributed by atoms with Crippen molar-refractivity contribution >= 4 is 22.7 Å². The third kappa shape index (κ3) is 4.21. The molecule has 6 nitrogen and oxygen atoms in total. The van der Waals surface area contributed by atoms with Gasteiger partial charge in [-0.3, -0.25) is 4.79 Å². The molecule has 0 saturated heterocycles. The van der Waals surface area contributed by atoms with Gasteiger partial charge >= 0.3 is 0 Å². The Balaban J connectivity index is 1.48. The first-order valence-electron chi connectivity index (χ1n) is 9.12. The summed E-state index contributed by atoms with van der Waals surface area (Å²) in [6, 6.07) is 20.3. The minimum atomic E-state index is -0.107. The minimum Gasteiger partial charge on any atom is -0.497 e. The fourth-order valence-electron chi connectivity index (χ4n) is 2.99. The molecule has 0 aliphatic carbocycles. The zero-order valence-electron chi connectivity index (χ0n) is 16.1. The number of nitrogens with zero attached hydrogens (tertiary/aromatic N) is 1. The SMILES string of the molecule is COc1ccc(CC(=O)Nc2ccc3nc(-c4ccc(OC)cc4)oc3c2)cc1. The Morgan fingerprint density at radius 2 is 1.59 bits per heavy atom. The molecule has 3 aromatic carbocycles. The Kier molecular flexibility index (Phi) is 5.16. The van der Waals surface area contributed by atoms with Gasteiger partial charge in [-0.2, -0.15) is 0 Å². The second kappa shape index (κ2) is 8.06. The van der Waals surface area contributed by atoms with E-state index in [4.69, 9.17) is 13.9 Å². The number of aromatic nitrogens is 1. The van der Waals surface area contributed by atoms with Gasteiger partial charge in [-0.05, 0) is 54.1 Å². The predicted octanol–water partition coefficient (Wildman–Crippen LogP) is 4.69. The highest BCUT2D eigenvalue weighted by Crippen LogP contribution is 2.27. The van der Waals surface area contributed by atoms with Gasteiger partial charge in [0.1, 0.15) is 17.0 Å². The van der Waals surface area contributed by atoms with Gasteiger partial charge in [0, 0.05) is 17.3 Å². The molecule has 0 fully saturated rings. The van der Waals surface area contributed by atoms with Crippen molar-refractivity contribution in [3.63, 3.8) is 0 Å². The molecule has 0 unspecified atom stereocenters. The molecule has 1 amide bonds. The van der Waals surface area contributed by atoms with Gasteiger partial charge in [0.2, 0.25) is 11.8 Å². The number of fused-ring (bicyclic) bond motifs is 1. The van der Waals surface area contributed by atoms with E-state index in [1.165, 1.54) is 0 Å². The smallest absolute Gasteiger partial charge is 0.228 e. The molecule has 4 rings (SSSR count). The first-order valence-corrected chi connectivity index (χ1v) is 9.12. The summed E-state index contributed by atoms with van der Waals surface area (Å²) in [7, 11) is 3.24. The summed E-state index contributed by atoms with van der Waals surface area (Å²) in [6.45, 7) is 0. The average molecular weight is 388 g/mol. The lowest BCUT2D eigenvalue weighted by molar-refractivity contribution is -0.115. The third-order valence-corrected chi connectivity index (χ3v) is 4.53. The molecule has 0 bridgehead atoms. The van der Waals surface area contributed by atoms with Gasteiger partial charge in [0.25, 0.3) is 0 Å². The molecular weight excluding hydrogens is 368 g/mol. The van der Waals surface area contributed by atoms with Crippen LogP contribution in [-0.2, 0) is 11.2 Å².